The Hall–Kier alpha value is -1.85. The van der Waals surface area contributed by atoms with Crippen molar-refractivity contribution in [1.82, 2.24) is 14.9 Å². The first kappa shape index (κ1) is 14.6. The Balaban J connectivity index is 1.74. The van der Waals surface area contributed by atoms with Crippen LogP contribution in [0.5, 0.6) is 0 Å². The number of rotatable bonds is 7. The topological polar surface area (TPSA) is 70.2 Å². The highest BCUT2D eigenvalue weighted by molar-refractivity contribution is 5.76. The van der Waals surface area contributed by atoms with Crippen molar-refractivity contribution in [3.05, 3.63) is 12.4 Å². The highest BCUT2D eigenvalue weighted by atomic mass is 16.2. The Morgan fingerprint density at radius 1 is 1.20 bits per heavy atom. The second kappa shape index (κ2) is 7.67. The highest BCUT2D eigenvalue weighted by Gasteiger charge is 2.16. The van der Waals surface area contributed by atoms with Gasteiger partial charge in [-0.15, -0.1) is 0 Å². The quantitative estimate of drug-likeness (QED) is 0.794. The summed E-state index contributed by atoms with van der Waals surface area (Å²) >= 11 is 0. The summed E-state index contributed by atoms with van der Waals surface area (Å²) in [6.07, 6.45) is 7.21. The first-order valence-electron chi connectivity index (χ1n) is 7.37. The number of likely N-dealkylation sites (tertiary alicyclic amines) is 1. The molecule has 2 N–H and O–H groups in total. The van der Waals surface area contributed by atoms with E-state index in [9.17, 15) is 4.79 Å². The molecule has 1 fully saturated rings. The Labute approximate surface area is 120 Å². The SMILES string of the molecule is CCCNc1cncc(NCCC(=O)N2CCCC2)n1. The molecule has 0 atom stereocenters. The maximum Gasteiger partial charge on any atom is 0.224 e. The van der Waals surface area contributed by atoms with Crippen molar-refractivity contribution < 1.29 is 4.79 Å². The zero-order chi connectivity index (χ0) is 14.2. The molecule has 0 spiro atoms. The number of aromatic nitrogens is 2. The fraction of sp³-hybridized carbons (Fsp3) is 0.643. The van der Waals surface area contributed by atoms with Gasteiger partial charge in [-0.25, -0.2) is 4.98 Å². The van der Waals surface area contributed by atoms with Crippen molar-refractivity contribution in [2.45, 2.75) is 32.6 Å². The zero-order valence-electron chi connectivity index (χ0n) is 12.1. The van der Waals surface area contributed by atoms with Crippen molar-refractivity contribution in [2.24, 2.45) is 0 Å². The van der Waals surface area contributed by atoms with Crippen LogP contribution in [0.2, 0.25) is 0 Å². The number of nitrogens with zero attached hydrogens (tertiary/aromatic N) is 3. The van der Waals surface area contributed by atoms with Crippen LogP contribution in [0, 0.1) is 0 Å². The summed E-state index contributed by atoms with van der Waals surface area (Å²) in [6, 6.07) is 0. The minimum Gasteiger partial charge on any atom is -0.369 e. The Kier molecular flexibility index (Phi) is 5.58. The van der Waals surface area contributed by atoms with Gasteiger partial charge in [0.15, 0.2) is 0 Å². The monoisotopic (exact) mass is 277 g/mol. The number of anilines is 2. The van der Waals surface area contributed by atoms with Gasteiger partial charge < -0.3 is 15.5 Å². The van der Waals surface area contributed by atoms with E-state index >= 15 is 0 Å². The molecule has 0 aliphatic carbocycles. The number of nitrogens with one attached hydrogen (secondary N) is 2. The summed E-state index contributed by atoms with van der Waals surface area (Å²) in [4.78, 5) is 22.3. The molecule has 0 radical (unpaired) electrons. The normalized spacial score (nSPS) is 14.3. The van der Waals surface area contributed by atoms with Gasteiger partial charge in [0.05, 0.1) is 12.4 Å². The van der Waals surface area contributed by atoms with Gasteiger partial charge in [-0.2, -0.15) is 0 Å². The average Bonchev–Trinajstić information content (AvgIpc) is 3.00. The summed E-state index contributed by atoms with van der Waals surface area (Å²) in [5, 5.41) is 6.34. The minimum atomic E-state index is 0.225. The lowest BCUT2D eigenvalue weighted by molar-refractivity contribution is -0.129. The third-order valence-corrected chi connectivity index (χ3v) is 3.29. The molecule has 1 aromatic heterocycles. The Morgan fingerprint density at radius 2 is 1.85 bits per heavy atom. The molecule has 1 aliphatic heterocycles. The van der Waals surface area contributed by atoms with Crippen LogP contribution < -0.4 is 10.6 Å². The van der Waals surface area contributed by atoms with Crippen LogP contribution in [0.25, 0.3) is 0 Å². The lowest BCUT2D eigenvalue weighted by Crippen LogP contribution is -2.29. The van der Waals surface area contributed by atoms with E-state index in [2.05, 4.69) is 27.5 Å². The second-order valence-corrected chi connectivity index (χ2v) is 4.98. The van der Waals surface area contributed by atoms with E-state index in [0.29, 0.717) is 18.8 Å². The largest absolute Gasteiger partial charge is 0.369 e. The maximum absolute atomic E-state index is 11.9. The predicted octanol–water partition coefficient (Wildman–Crippen LogP) is 1.72. The molecule has 0 saturated carbocycles. The van der Waals surface area contributed by atoms with Crippen molar-refractivity contribution in [1.29, 1.82) is 0 Å². The van der Waals surface area contributed by atoms with Gasteiger partial charge in [-0.05, 0) is 19.3 Å². The summed E-state index contributed by atoms with van der Waals surface area (Å²) in [7, 11) is 0. The fourth-order valence-corrected chi connectivity index (χ4v) is 2.21. The van der Waals surface area contributed by atoms with Crippen molar-refractivity contribution in [2.75, 3.05) is 36.8 Å². The van der Waals surface area contributed by atoms with Gasteiger partial charge in [0.25, 0.3) is 0 Å². The Bertz CT molecular complexity index is 431. The molecule has 2 heterocycles. The molecule has 0 aromatic carbocycles. The van der Waals surface area contributed by atoms with Gasteiger partial charge in [-0.1, -0.05) is 6.92 Å². The van der Waals surface area contributed by atoms with E-state index < -0.39 is 0 Å². The van der Waals surface area contributed by atoms with Gasteiger partial charge in [0.1, 0.15) is 11.6 Å². The fourth-order valence-electron chi connectivity index (χ4n) is 2.21. The molecule has 110 valence electrons. The molecule has 1 aliphatic rings. The first-order chi connectivity index (χ1) is 9.79. The molecular weight excluding hydrogens is 254 g/mol. The van der Waals surface area contributed by atoms with Gasteiger partial charge in [0.2, 0.25) is 5.91 Å². The highest BCUT2D eigenvalue weighted by Crippen LogP contribution is 2.10. The zero-order valence-corrected chi connectivity index (χ0v) is 12.1. The number of hydrogen-bond acceptors (Lipinski definition) is 5. The van der Waals surface area contributed by atoms with Crippen LogP contribution in [-0.2, 0) is 4.79 Å². The van der Waals surface area contributed by atoms with Gasteiger partial charge >= 0.3 is 0 Å². The Morgan fingerprint density at radius 3 is 2.50 bits per heavy atom. The van der Waals surface area contributed by atoms with Crippen LogP contribution in [0.1, 0.15) is 32.6 Å². The lowest BCUT2D eigenvalue weighted by Gasteiger charge is -2.15. The number of carbonyl (C=O) groups is 1. The van der Waals surface area contributed by atoms with Crippen LogP contribution in [-0.4, -0.2) is 47.0 Å². The van der Waals surface area contributed by atoms with Gasteiger partial charge in [0, 0.05) is 32.6 Å². The van der Waals surface area contributed by atoms with E-state index in [1.165, 1.54) is 0 Å². The van der Waals surface area contributed by atoms with Crippen LogP contribution in [0.4, 0.5) is 11.6 Å². The molecule has 6 heteroatoms. The van der Waals surface area contributed by atoms with E-state index in [4.69, 9.17) is 0 Å². The third kappa shape index (κ3) is 4.36. The smallest absolute Gasteiger partial charge is 0.224 e. The van der Waals surface area contributed by atoms with E-state index in [0.717, 1.165) is 44.7 Å². The third-order valence-electron chi connectivity index (χ3n) is 3.29. The molecule has 0 unspecified atom stereocenters. The molecule has 1 amide bonds. The van der Waals surface area contributed by atoms with Crippen LogP contribution in [0.3, 0.4) is 0 Å². The lowest BCUT2D eigenvalue weighted by atomic mass is 10.3. The number of hydrogen-bond donors (Lipinski definition) is 2. The predicted molar refractivity (Wildman–Crippen MR) is 79.7 cm³/mol. The van der Waals surface area contributed by atoms with Gasteiger partial charge in [-0.3, -0.25) is 9.78 Å². The molecular formula is C14H23N5O. The summed E-state index contributed by atoms with van der Waals surface area (Å²) in [6.45, 7) is 5.41. The van der Waals surface area contributed by atoms with Crippen molar-refractivity contribution in [3.63, 3.8) is 0 Å². The van der Waals surface area contributed by atoms with E-state index in [-0.39, 0.29) is 5.91 Å². The summed E-state index contributed by atoms with van der Waals surface area (Å²) < 4.78 is 0. The molecule has 0 bridgehead atoms. The van der Waals surface area contributed by atoms with Crippen LogP contribution in [0.15, 0.2) is 12.4 Å². The maximum atomic E-state index is 11.9. The molecule has 2 rings (SSSR count). The minimum absolute atomic E-state index is 0.225. The van der Waals surface area contributed by atoms with Crippen molar-refractivity contribution in [3.8, 4) is 0 Å². The van der Waals surface area contributed by atoms with E-state index in [1.54, 1.807) is 12.4 Å². The molecule has 6 nitrogen and oxygen atoms in total. The number of carbonyl (C=O) groups excluding carboxylic acids is 1. The van der Waals surface area contributed by atoms with E-state index in [1.807, 2.05) is 4.90 Å². The van der Waals surface area contributed by atoms with Crippen LogP contribution >= 0.6 is 0 Å². The molecule has 1 aromatic rings. The summed E-state index contributed by atoms with van der Waals surface area (Å²) in [5.74, 6) is 1.70. The average molecular weight is 277 g/mol. The standard InChI is InChI=1S/C14H23N5O/c1-2-6-16-12-10-15-11-13(18-12)17-7-5-14(20)19-8-3-4-9-19/h10-11H,2-9H2,1H3,(H2,16,17,18). The molecule has 20 heavy (non-hydrogen) atoms. The first-order valence-corrected chi connectivity index (χ1v) is 7.37. The second-order valence-electron chi connectivity index (χ2n) is 4.98. The summed E-state index contributed by atoms with van der Waals surface area (Å²) in [5.41, 5.74) is 0. The number of amides is 1. The van der Waals surface area contributed by atoms with Crippen molar-refractivity contribution >= 4 is 17.5 Å². The molecule has 1 saturated heterocycles.